The molecule has 1 fully saturated rings. The van der Waals surface area contributed by atoms with E-state index >= 15 is 0 Å². The lowest BCUT2D eigenvalue weighted by Gasteiger charge is -2.27. The van der Waals surface area contributed by atoms with Crippen molar-refractivity contribution < 1.29 is 9.13 Å². The summed E-state index contributed by atoms with van der Waals surface area (Å²) in [6.07, 6.45) is 4.07. The number of halogens is 2. The average Bonchev–Trinajstić information content (AvgIpc) is 2.24. The zero-order chi connectivity index (χ0) is 11.4. The number of rotatable bonds is 5. The van der Waals surface area contributed by atoms with Crippen LogP contribution in [-0.4, -0.2) is 11.0 Å². The SMILES string of the molecule is Fc1ccc(C(CI)OCC2CCC2)cc1. The Kier molecular flexibility index (Phi) is 4.58. The molecule has 0 spiro atoms. The molecule has 1 aromatic carbocycles. The Morgan fingerprint density at radius 1 is 1.31 bits per heavy atom. The molecule has 0 N–H and O–H groups in total. The third kappa shape index (κ3) is 3.17. The van der Waals surface area contributed by atoms with Crippen LogP contribution < -0.4 is 0 Å². The molecule has 1 nitrogen and oxygen atoms in total. The van der Waals surface area contributed by atoms with Gasteiger partial charge in [-0.3, -0.25) is 0 Å². The lowest BCUT2D eigenvalue weighted by Crippen LogP contribution is -2.19. The highest BCUT2D eigenvalue weighted by atomic mass is 127. The van der Waals surface area contributed by atoms with Crippen LogP contribution in [0.4, 0.5) is 4.39 Å². The fraction of sp³-hybridized carbons (Fsp3) is 0.538. The van der Waals surface area contributed by atoms with Crippen molar-refractivity contribution in [1.82, 2.24) is 0 Å². The summed E-state index contributed by atoms with van der Waals surface area (Å²) in [5, 5.41) is 0. The largest absolute Gasteiger partial charge is 0.372 e. The van der Waals surface area contributed by atoms with Crippen molar-refractivity contribution in [2.45, 2.75) is 25.4 Å². The standard InChI is InChI=1S/C13H16FIO/c14-12-6-4-11(5-7-12)13(8-15)16-9-10-2-1-3-10/h4-7,10,13H,1-3,8-9H2. The minimum absolute atomic E-state index is 0.113. The van der Waals surface area contributed by atoms with Crippen LogP contribution >= 0.6 is 22.6 Å². The van der Waals surface area contributed by atoms with Gasteiger partial charge in [-0.1, -0.05) is 41.1 Å². The minimum Gasteiger partial charge on any atom is -0.372 e. The quantitative estimate of drug-likeness (QED) is 0.581. The Balaban J connectivity index is 1.90. The van der Waals surface area contributed by atoms with Crippen molar-refractivity contribution in [3.8, 4) is 0 Å². The molecule has 2 rings (SSSR count). The van der Waals surface area contributed by atoms with E-state index < -0.39 is 0 Å². The van der Waals surface area contributed by atoms with E-state index in [1.165, 1.54) is 31.4 Å². The number of ether oxygens (including phenoxy) is 1. The van der Waals surface area contributed by atoms with Gasteiger partial charge in [0.15, 0.2) is 0 Å². The van der Waals surface area contributed by atoms with E-state index in [4.69, 9.17) is 4.74 Å². The maximum atomic E-state index is 12.8. The first-order valence-corrected chi connectivity index (χ1v) is 7.25. The molecule has 0 aromatic heterocycles. The molecule has 16 heavy (non-hydrogen) atoms. The summed E-state index contributed by atoms with van der Waals surface area (Å²) < 4.78 is 19.6. The van der Waals surface area contributed by atoms with E-state index in [1.807, 2.05) is 12.1 Å². The van der Waals surface area contributed by atoms with Crippen LogP contribution in [0.25, 0.3) is 0 Å². The van der Waals surface area contributed by atoms with E-state index in [0.717, 1.165) is 22.5 Å². The van der Waals surface area contributed by atoms with Crippen molar-refractivity contribution in [3.05, 3.63) is 35.6 Å². The first kappa shape index (κ1) is 12.3. The Morgan fingerprint density at radius 2 is 2.00 bits per heavy atom. The second-order valence-corrected chi connectivity index (χ2v) is 5.21. The first-order chi connectivity index (χ1) is 7.79. The molecular formula is C13H16FIO. The van der Waals surface area contributed by atoms with Gasteiger partial charge in [-0.2, -0.15) is 0 Å². The molecule has 0 heterocycles. The highest BCUT2D eigenvalue weighted by Crippen LogP contribution is 2.29. The molecule has 0 aliphatic heterocycles. The Labute approximate surface area is 110 Å². The molecule has 1 aliphatic carbocycles. The number of hydrogen-bond acceptors (Lipinski definition) is 1. The summed E-state index contributed by atoms with van der Waals surface area (Å²) in [7, 11) is 0. The van der Waals surface area contributed by atoms with Gasteiger partial charge >= 0.3 is 0 Å². The molecule has 0 radical (unpaired) electrons. The zero-order valence-corrected chi connectivity index (χ0v) is 11.3. The molecule has 1 aliphatic rings. The van der Waals surface area contributed by atoms with Crippen molar-refractivity contribution in [2.24, 2.45) is 5.92 Å². The maximum absolute atomic E-state index is 12.8. The van der Waals surface area contributed by atoms with E-state index in [9.17, 15) is 4.39 Å². The van der Waals surface area contributed by atoms with E-state index in [-0.39, 0.29) is 11.9 Å². The summed E-state index contributed by atoms with van der Waals surface area (Å²) in [5.74, 6) is 0.570. The summed E-state index contributed by atoms with van der Waals surface area (Å²) in [6, 6.07) is 6.64. The van der Waals surface area contributed by atoms with Crippen LogP contribution in [0.3, 0.4) is 0 Å². The number of alkyl halides is 1. The molecule has 0 saturated heterocycles. The van der Waals surface area contributed by atoms with Gasteiger partial charge < -0.3 is 4.74 Å². The molecule has 1 aromatic rings. The normalized spacial score (nSPS) is 18.1. The van der Waals surface area contributed by atoms with Crippen LogP contribution in [0.5, 0.6) is 0 Å². The number of hydrogen-bond donors (Lipinski definition) is 0. The zero-order valence-electron chi connectivity index (χ0n) is 9.16. The van der Waals surface area contributed by atoms with E-state index in [0.29, 0.717) is 0 Å². The Morgan fingerprint density at radius 3 is 2.50 bits per heavy atom. The summed E-state index contributed by atoms with van der Waals surface area (Å²) in [4.78, 5) is 0. The van der Waals surface area contributed by atoms with Gasteiger partial charge in [-0.25, -0.2) is 4.39 Å². The van der Waals surface area contributed by atoms with Gasteiger partial charge in [0.2, 0.25) is 0 Å². The lowest BCUT2D eigenvalue weighted by atomic mass is 9.86. The third-order valence-corrected chi connectivity index (χ3v) is 3.94. The summed E-state index contributed by atoms with van der Waals surface area (Å²) >= 11 is 2.32. The summed E-state index contributed by atoms with van der Waals surface area (Å²) in [6.45, 7) is 0.852. The second kappa shape index (κ2) is 5.96. The second-order valence-electron chi connectivity index (χ2n) is 4.32. The fourth-order valence-corrected chi connectivity index (χ4v) is 2.58. The molecule has 0 amide bonds. The molecule has 1 unspecified atom stereocenters. The predicted molar refractivity (Wildman–Crippen MR) is 71.3 cm³/mol. The van der Waals surface area contributed by atoms with E-state index in [1.54, 1.807) is 0 Å². The van der Waals surface area contributed by atoms with Crippen LogP contribution in [0.1, 0.15) is 30.9 Å². The van der Waals surface area contributed by atoms with Crippen molar-refractivity contribution in [3.63, 3.8) is 0 Å². The van der Waals surface area contributed by atoms with Crippen molar-refractivity contribution >= 4 is 22.6 Å². The average molecular weight is 334 g/mol. The van der Waals surface area contributed by atoms with Crippen LogP contribution in [0.15, 0.2) is 24.3 Å². The first-order valence-electron chi connectivity index (χ1n) is 5.72. The molecule has 88 valence electrons. The van der Waals surface area contributed by atoms with Gasteiger partial charge in [0.05, 0.1) is 12.7 Å². The fourth-order valence-electron chi connectivity index (χ4n) is 1.82. The van der Waals surface area contributed by atoms with Crippen LogP contribution in [0.2, 0.25) is 0 Å². The molecule has 1 saturated carbocycles. The van der Waals surface area contributed by atoms with Gasteiger partial charge in [-0.05, 0) is 36.5 Å². The van der Waals surface area contributed by atoms with Crippen LogP contribution in [0, 0.1) is 11.7 Å². The van der Waals surface area contributed by atoms with Gasteiger partial charge in [-0.15, -0.1) is 0 Å². The van der Waals surface area contributed by atoms with Crippen LogP contribution in [-0.2, 0) is 4.74 Å². The van der Waals surface area contributed by atoms with Crippen molar-refractivity contribution in [2.75, 3.05) is 11.0 Å². The Hall–Kier alpha value is -0.160. The molecular weight excluding hydrogens is 318 g/mol. The van der Waals surface area contributed by atoms with E-state index in [2.05, 4.69) is 22.6 Å². The lowest BCUT2D eigenvalue weighted by molar-refractivity contribution is 0.0232. The maximum Gasteiger partial charge on any atom is 0.123 e. The van der Waals surface area contributed by atoms with Gasteiger partial charge in [0, 0.05) is 4.43 Å². The highest BCUT2D eigenvalue weighted by molar-refractivity contribution is 14.1. The van der Waals surface area contributed by atoms with Gasteiger partial charge in [0.25, 0.3) is 0 Å². The topological polar surface area (TPSA) is 9.23 Å². The van der Waals surface area contributed by atoms with Crippen molar-refractivity contribution in [1.29, 1.82) is 0 Å². The molecule has 0 bridgehead atoms. The predicted octanol–water partition coefficient (Wildman–Crippen LogP) is 4.12. The van der Waals surface area contributed by atoms with Gasteiger partial charge in [0.1, 0.15) is 5.82 Å². The Bertz CT molecular complexity index is 321. The number of benzene rings is 1. The minimum atomic E-state index is -0.185. The summed E-state index contributed by atoms with van der Waals surface area (Å²) in [5.41, 5.74) is 1.08. The smallest absolute Gasteiger partial charge is 0.123 e. The molecule has 1 atom stereocenters. The highest BCUT2D eigenvalue weighted by Gasteiger charge is 2.20. The third-order valence-electron chi connectivity index (χ3n) is 3.14. The monoisotopic (exact) mass is 334 g/mol. The molecule has 3 heteroatoms.